The molecule has 0 saturated heterocycles. The average molecular weight is 233 g/mol. The van der Waals surface area contributed by atoms with Crippen LogP contribution in [0.25, 0.3) is 0 Å². The summed E-state index contributed by atoms with van der Waals surface area (Å²) in [6.45, 7) is 4.62. The Balaban J connectivity index is 2.28. The van der Waals surface area contributed by atoms with Gasteiger partial charge in [0.05, 0.1) is 6.54 Å². The molecule has 1 aromatic carbocycles. The molecule has 0 amide bonds. The number of anilines is 1. The van der Waals surface area contributed by atoms with Gasteiger partial charge < -0.3 is 10.3 Å². The number of hydrogen-bond donors (Lipinski definition) is 1. The third-order valence-corrected chi connectivity index (χ3v) is 2.68. The maximum absolute atomic E-state index is 13.7. The molecule has 0 bridgehead atoms. The van der Waals surface area contributed by atoms with Crippen molar-refractivity contribution in [3.05, 3.63) is 47.8 Å². The highest BCUT2D eigenvalue weighted by molar-refractivity contribution is 5.40. The second kappa shape index (κ2) is 4.57. The van der Waals surface area contributed by atoms with Crippen LogP contribution in [-0.2, 0) is 6.54 Å². The van der Waals surface area contributed by atoms with Gasteiger partial charge in [-0.2, -0.15) is 0 Å². The van der Waals surface area contributed by atoms with Crippen molar-refractivity contribution in [3.8, 4) is 0 Å². The molecule has 3 nitrogen and oxygen atoms in total. The quantitative estimate of drug-likeness (QED) is 0.828. The van der Waals surface area contributed by atoms with E-state index in [9.17, 15) is 4.39 Å². The van der Waals surface area contributed by atoms with E-state index in [0.717, 1.165) is 5.82 Å². The number of hydrogen-bond acceptors (Lipinski definition) is 2. The molecule has 0 saturated carbocycles. The highest BCUT2D eigenvalue weighted by Crippen LogP contribution is 2.17. The fourth-order valence-corrected chi connectivity index (χ4v) is 1.83. The van der Waals surface area contributed by atoms with Gasteiger partial charge in [-0.3, -0.25) is 0 Å². The van der Waals surface area contributed by atoms with Crippen LogP contribution in [0.1, 0.15) is 31.2 Å². The Morgan fingerprint density at radius 1 is 1.41 bits per heavy atom. The molecule has 0 radical (unpaired) electrons. The van der Waals surface area contributed by atoms with E-state index in [2.05, 4.69) is 18.8 Å². The molecule has 0 fully saturated rings. The Morgan fingerprint density at radius 3 is 2.82 bits per heavy atom. The van der Waals surface area contributed by atoms with Crippen molar-refractivity contribution in [1.82, 2.24) is 9.55 Å². The molecule has 1 aromatic heterocycles. The fraction of sp³-hybridized carbons (Fsp3) is 0.308. The van der Waals surface area contributed by atoms with Crippen LogP contribution in [0.15, 0.2) is 30.6 Å². The van der Waals surface area contributed by atoms with Crippen LogP contribution >= 0.6 is 0 Å². The van der Waals surface area contributed by atoms with E-state index in [0.29, 0.717) is 23.7 Å². The summed E-state index contributed by atoms with van der Waals surface area (Å²) in [5, 5.41) is 0. The summed E-state index contributed by atoms with van der Waals surface area (Å²) in [7, 11) is 0. The summed E-state index contributed by atoms with van der Waals surface area (Å²) in [5.41, 5.74) is 6.59. The van der Waals surface area contributed by atoms with Gasteiger partial charge in [-0.05, 0) is 12.1 Å². The standard InChI is InChI=1S/C13H16FN3/c1-9(2)13-16-5-6-17(13)8-10-3-4-11(15)7-12(10)14/h3-7,9H,8,15H2,1-2H3. The predicted octanol–water partition coefficient (Wildman–Crippen LogP) is 2.78. The Kier molecular flexibility index (Phi) is 3.13. The maximum atomic E-state index is 13.7. The Bertz CT molecular complexity index is 517. The number of benzene rings is 1. The molecule has 0 aliphatic carbocycles. The van der Waals surface area contributed by atoms with Gasteiger partial charge in [-0.15, -0.1) is 0 Å². The summed E-state index contributed by atoms with van der Waals surface area (Å²) >= 11 is 0. The maximum Gasteiger partial charge on any atom is 0.130 e. The predicted molar refractivity (Wildman–Crippen MR) is 66.2 cm³/mol. The van der Waals surface area contributed by atoms with Crippen LogP contribution in [0.4, 0.5) is 10.1 Å². The van der Waals surface area contributed by atoms with Crippen molar-refractivity contribution >= 4 is 5.69 Å². The normalized spacial score (nSPS) is 11.1. The van der Waals surface area contributed by atoms with Gasteiger partial charge in [0.15, 0.2) is 0 Å². The molecule has 90 valence electrons. The van der Waals surface area contributed by atoms with Crippen molar-refractivity contribution in [2.24, 2.45) is 0 Å². The highest BCUT2D eigenvalue weighted by Gasteiger charge is 2.09. The van der Waals surface area contributed by atoms with Crippen molar-refractivity contribution < 1.29 is 4.39 Å². The summed E-state index contributed by atoms with van der Waals surface area (Å²) in [5.74, 6) is 1.01. The van der Waals surface area contributed by atoms with Gasteiger partial charge in [-0.25, -0.2) is 9.37 Å². The second-order valence-electron chi connectivity index (χ2n) is 4.42. The van der Waals surface area contributed by atoms with E-state index in [1.165, 1.54) is 6.07 Å². The highest BCUT2D eigenvalue weighted by atomic mass is 19.1. The number of nitrogen functional groups attached to an aromatic ring is 1. The molecule has 0 aliphatic heterocycles. The van der Waals surface area contributed by atoms with Crippen LogP contribution in [0, 0.1) is 5.82 Å². The van der Waals surface area contributed by atoms with Gasteiger partial charge >= 0.3 is 0 Å². The summed E-state index contributed by atoms with van der Waals surface area (Å²) in [4.78, 5) is 4.27. The molecule has 1 heterocycles. The Morgan fingerprint density at radius 2 is 2.18 bits per heavy atom. The third-order valence-electron chi connectivity index (χ3n) is 2.68. The fourth-order valence-electron chi connectivity index (χ4n) is 1.83. The SMILES string of the molecule is CC(C)c1nccn1Cc1ccc(N)cc1F. The minimum absolute atomic E-state index is 0.270. The third kappa shape index (κ3) is 2.46. The first kappa shape index (κ1) is 11.6. The van der Waals surface area contributed by atoms with E-state index in [4.69, 9.17) is 5.73 Å². The number of imidazole rings is 1. The number of halogens is 1. The van der Waals surface area contributed by atoms with E-state index in [1.807, 2.05) is 10.8 Å². The minimum atomic E-state index is -0.270. The van der Waals surface area contributed by atoms with Crippen LogP contribution in [0.3, 0.4) is 0 Å². The van der Waals surface area contributed by atoms with E-state index in [-0.39, 0.29) is 5.82 Å². The lowest BCUT2D eigenvalue weighted by atomic mass is 10.1. The van der Waals surface area contributed by atoms with Crippen molar-refractivity contribution in [1.29, 1.82) is 0 Å². The number of aromatic nitrogens is 2. The lowest BCUT2D eigenvalue weighted by Gasteiger charge is -2.11. The zero-order chi connectivity index (χ0) is 12.4. The van der Waals surface area contributed by atoms with Crippen LogP contribution < -0.4 is 5.73 Å². The molecule has 2 N–H and O–H groups in total. The summed E-state index contributed by atoms with van der Waals surface area (Å²) in [6, 6.07) is 4.78. The van der Waals surface area contributed by atoms with E-state index >= 15 is 0 Å². The molecule has 0 unspecified atom stereocenters. The molecule has 2 aromatic rings. The van der Waals surface area contributed by atoms with Crippen LogP contribution in [-0.4, -0.2) is 9.55 Å². The largest absolute Gasteiger partial charge is 0.399 e. The molecule has 0 aliphatic rings. The molecule has 17 heavy (non-hydrogen) atoms. The first-order chi connectivity index (χ1) is 8.08. The van der Waals surface area contributed by atoms with E-state index in [1.54, 1.807) is 18.3 Å². The van der Waals surface area contributed by atoms with Gasteiger partial charge in [-0.1, -0.05) is 19.9 Å². The zero-order valence-corrected chi connectivity index (χ0v) is 10.0. The van der Waals surface area contributed by atoms with Gasteiger partial charge in [0.25, 0.3) is 0 Å². The summed E-state index contributed by atoms with van der Waals surface area (Å²) in [6.07, 6.45) is 3.61. The van der Waals surface area contributed by atoms with E-state index < -0.39 is 0 Å². The zero-order valence-electron chi connectivity index (χ0n) is 10.0. The number of nitrogens with zero attached hydrogens (tertiary/aromatic N) is 2. The number of rotatable bonds is 3. The first-order valence-electron chi connectivity index (χ1n) is 5.63. The minimum Gasteiger partial charge on any atom is -0.399 e. The van der Waals surface area contributed by atoms with Gasteiger partial charge in [0, 0.05) is 29.6 Å². The second-order valence-corrected chi connectivity index (χ2v) is 4.42. The summed E-state index contributed by atoms with van der Waals surface area (Å²) < 4.78 is 15.6. The van der Waals surface area contributed by atoms with Gasteiger partial charge in [0.1, 0.15) is 11.6 Å². The Labute approximate surface area is 100 Å². The van der Waals surface area contributed by atoms with Crippen LogP contribution in [0.2, 0.25) is 0 Å². The molecule has 2 rings (SSSR count). The van der Waals surface area contributed by atoms with Crippen molar-refractivity contribution in [2.45, 2.75) is 26.3 Å². The van der Waals surface area contributed by atoms with Crippen LogP contribution in [0.5, 0.6) is 0 Å². The number of nitrogens with two attached hydrogens (primary N) is 1. The lowest BCUT2D eigenvalue weighted by molar-refractivity contribution is 0.589. The lowest BCUT2D eigenvalue weighted by Crippen LogP contribution is -2.07. The molecule has 4 heteroatoms. The molecule has 0 atom stereocenters. The van der Waals surface area contributed by atoms with Gasteiger partial charge in [0.2, 0.25) is 0 Å². The smallest absolute Gasteiger partial charge is 0.130 e. The van der Waals surface area contributed by atoms with Crippen molar-refractivity contribution in [2.75, 3.05) is 5.73 Å². The molecule has 0 spiro atoms. The Hall–Kier alpha value is -1.84. The first-order valence-corrected chi connectivity index (χ1v) is 5.63. The average Bonchev–Trinajstić information content (AvgIpc) is 2.70. The molecular weight excluding hydrogens is 217 g/mol. The van der Waals surface area contributed by atoms with Crippen molar-refractivity contribution in [3.63, 3.8) is 0 Å². The topological polar surface area (TPSA) is 43.8 Å². The molecular formula is C13H16FN3. The monoisotopic (exact) mass is 233 g/mol.